The van der Waals surface area contributed by atoms with Gasteiger partial charge >= 0.3 is 0 Å². The number of aliphatic hydroxyl groups is 2. The summed E-state index contributed by atoms with van der Waals surface area (Å²) >= 11 is 0. The molecule has 0 saturated carbocycles. The zero-order valence-corrected chi connectivity index (χ0v) is 14.7. The zero-order valence-electron chi connectivity index (χ0n) is 14.7. The molecule has 1 unspecified atom stereocenters. The summed E-state index contributed by atoms with van der Waals surface area (Å²) in [6, 6.07) is 23.9. The molecule has 0 radical (unpaired) electrons. The highest BCUT2D eigenvalue weighted by atomic mass is 16.3. The van der Waals surface area contributed by atoms with E-state index in [1.165, 1.54) is 5.56 Å². The van der Waals surface area contributed by atoms with Gasteiger partial charge in [0.2, 0.25) is 5.89 Å². The number of nitrogens with one attached hydrogen (secondary N) is 1. The lowest BCUT2D eigenvalue weighted by molar-refractivity contribution is 0.105. The van der Waals surface area contributed by atoms with Crippen molar-refractivity contribution < 1.29 is 14.6 Å². The highest BCUT2D eigenvalue weighted by Gasteiger charge is 2.10. The standard InChI is InChI=1S/C22H20N2O3/c25-14-19(26)13-23-18-10-11-21-20(12-18)24-22(27-21)17-8-6-16(7-9-17)15-4-2-1-3-5-15/h1-12,19,23,25-26H,13-14H2. The Labute approximate surface area is 156 Å². The Morgan fingerprint density at radius 3 is 2.33 bits per heavy atom. The van der Waals surface area contributed by atoms with Gasteiger partial charge in [0, 0.05) is 17.8 Å². The smallest absolute Gasteiger partial charge is 0.227 e. The maximum absolute atomic E-state index is 9.44. The number of benzene rings is 3. The Hall–Kier alpha value is -3.15. The summed E-state index contributed by atoms with van der Waals surface area (Å²) < 4.78 is 5.87. The van der Waals surface area contributed by atoms with Gasteiger partial charge in [-0.05, 0) is 41.5 Å². The number of hydrogen-bond donors (Lipinski definition) is 3. The van der Waals surface area contributed by atoms with Crippen LogP contribution in [0.5, 0.6) is 0 Å². The first-order valence-corrected chi connectivity index (χ1v) is 8.82. The van der Waals surface area contributed by atoms with E-state index in [9.17, 15) is 5.11 Å². The number of fused-ring (bicyclic) bond motifs is 1. The van der Waals surface area contributed by atoms with Gasteiger partial charge in [0.05, 0.1) is 12.7 Å². The fraction of sp³-hybridized carbons (Fsp3) is 0.136. The molecule has 0 spiro atoms. The first-order valence-electron chi connectivity index (χ1n) is 8.82. The SMILES string of the molecule is OCC(O)CNc1ccc2oc(-c3ccc(-c4ccccc4)cc3)nc2c1. The van der Waals surface area contributed by atoms with Gasteiger partial charge in [-0.1, -0.05) is 42.5 Å². The molecule has 0 aliphatic heterocycles. The third kappa shape index (κ3) is 3.84. The van der Waals surface area contributed by atoms with E-state index in [0.717, 1.165) is 22.3 Å². The Morgan fingerprint density at radius 2 is 1.59 bits per heavy atom. The molecule has 27 heavy (non-hydrogen) atoms. The van der Waals surface area contributed by atoms with Crippen molar-refractivity contribution in [2.24, 2.45) is 0 Å². The lowest BCUT2D eigenvalue weighted by atomic mass is 10.0. The van der Waals surface area contributed by atoms with Crippen molar-refractivity contribution in [3.8, 4) is 22.6 Å². The maximum atomic E-state index is 9.44. The topological polar surface area (TPSA) is 78.5 Å². The largest absolute Gasteiger partial charge is 0.436 e. The summed E-state index contributed by atoms with van der Waals surface area (Å²) in [5.41, 5.74) is 5.48. The van der Waals surface area contributed by atoms with Crippen LogP contribution in [0.4, 0.5) is 5.69 Å². The van der Waals surface area contributed by atoms with Gasteiger partial charge in [-0.25, -0.2) is 4.98 Å². The Balaban J connectivity index is 1.56. The summed E-state index contributed by atoms with van der Waals surface area (Å²) in [6.45, 7) is -0.00398. The minimum absolute atomic E-state index is 0.271. The molecule has 4 rings (SSSR count). The van der Waals surface area contributed by atoms with E-state index in [1.807, 2.05) is 48.5 Å². The van der Waals surface area contributed by atoms with Crippen molar-refractivity contribution in [2.45, 2.75) is 6.10 Å². The van der Waals surface area contributed by atoms with Gasteiger partial charge in [0.25, 0.3) is 0 Å². The molecule has 0 amide bonds. The molecule has 0 bridgehead atoms. The average molecular weight is 360 g/mol. The summed E-state index contributed by atoms with van der Waals surface area (Å²) in [5, 5.41) is 21.4. The van der Waals surface area contributed by atoms with Crippen LogP contribution in [-0.2, 0) is 0 Å². The number of aromatic nitrogens is 1. The molecule has 1 heterocycles. The molecule has 0 aliphatic rings. The van der Waals surface area contributed by atoms with E-state index in [-0.39, 0.29) is 13.2 Å². The molecular formula is C22H20N2O3. The van der Waals surface area contributed by atoms with Gasteiger partial charge in [0.1, 0.15) is 5.52 Å². The quantitative estimate of drug-likeness (QED) is 0.486. The normalized spacial score (nSPS) is 12.2. The molecule has 4 aromatic rings. The third-order valence-corrected chi connectivity index (χ3v) is 4.38. The number of anilines is 1. The van der Waals surface area contributed by atoms with E-state index < -0.39 is 6.10 Å². The van der Waals surface area contributed by atoms with Crippen LogP contribution in [0.15, 0.2) is 77.2 Å². The van der Waals surface area contributed by atoms with E-state index in [2.05, 4.69) is 34.6 Å². The van der Waals surface area contributed by atoms with Crippen molar-refractivity contribution in [3.63, 3.8) is 0 Å². The fourth-order valence-corrected chi connectivity index (χ4v) is 2.90. The van der Waals surface area contributed by atoms with Crippen LogP contribution in [0.1, 0.15) is 0 Å². The second-order valence-corrected chi connectivity index (χ2v) is 6.36. The number of nitrogens with zero attached hydrogens (tertiary/aromatic N) is 1. The fourth-order valence-electron chi connectivity index (χ4n) is 2.90. The predicted molar refractivity (Wildman–Crippen MR) is 106 cm³/mol. The maximum Gasteiger partial charge on any atom is 0.227 e. The van der Waals surface area contributed by atoms with E-state index in [1.54, 1.807) is 0 Å². The summed E-state index contributed by atoms with van der Waals surface area (Å²) in [7, 11) is 0. The van der Waals surface area contributed by atoms with E-state index in [4.69, 9.17) is 9.52 Å². The molecule has 5 heteroatoms. The molecule has 0 fully saturated rings. The first-order chi connectivity index (χ1) is 13.2. The highest BCUT2D eigenvalue weighted by Crippen LogP contribution is 2.28. The third-order valence-electron chi connectivity index (χ3n) is 4.38. The zero-order chi connectivity index (χ0) is 18.6. The molecule has 136 valence electrons. The molecule has 1 atom stereocenters. The molecule has 5 nitrogen and oxygen atoms in total. The Morgan fingerprint density at radius 1 is 0.889 bits per heavy atom. The van der Waals surface area contributed by atoms with Crippen molar-refractivity contribution >= 4 is 16.8 Å². The van der Waals surface area contributed by atoms with Crippen molar-refractivity contribution in [1.82, 2.24) is 4.98 Å². The minimum Gasteiger partial charge on any atom is -0.436 e. The number of rotatable bonds is 6. The number of hydrogen-bond acceptors (Lipinski definition) is 5. The molecule has 3 aromatic carbocycles. The van der Waals surface area contributed by atoms with Crippen LogP contribution in [0, 0.1) is 0 Å². The lowest BCUT2D eigenvalue weighted by Crippen LogP contribution is -2.22. The molecule has 1 aromatic heterocycles. The average Bonchev–Trinajstić information content (AvgIpc) is 3.16. The van der Waals surface area contributed by atoms with Gasteiger partial charge in [0.15, 0.2) is 5.58 Å². The second-order valence-electron chi connectivity index (χ2n) is 6.36. The van der Waals surface area contributed by atoms with Gasteiger partial charge in [-0.15, -0.1) is 0 Å². The van der Waals surface area contributed by atoms with E-state index >= 15 is 0 Å². The summed E-state index contributed by atoms with van der Waals surface area (Å²) in [6.07, 6.45) is -0.795. The van der Waals surface area contributed by atoms with E-state index in [0.29, 0.717) is 11.5 Å². The van der Waals surface area contributed by atoms with Crippen LogP contribution in [0.3, 0.4) is 0 Å². The van der Waals surface area contributed by atoms with Crippen LogP contribution >= 0.6 is 0 Å². The van der Waals surface area contributed by atoms with Crippen molar-refractivity contribution in [2.75, 3.05) is 18.5 Å². The van der Waals surface area contributed by atoms with Crippen molar-refractivity contribution in [1.29, 1.82) is 0 Å². The van der Waals surface area contributed by atoms with Gasteiger partial charge < -0.3 is 19.9 Å². The van der Waals surface area contributed by atoms with Gasteiger partial charge in [-0.3, -0.25) is 0 Å². The molecule has 3 N–H and O–H groups in total. The minimum atomic E-state index is -0.795. The summed E-state index contributed by atoms with van der Waals surface area (Å²) in [4.78, 5) is 4.57. The molecular weight excluding hydrogens is 340 g/mol. The second kappa shape index (κ2) is 7.61. The van der Waals surface area contributed by atoms with Crippen LogP contribution < -0.4 is 5.32 Å². The van der Waals surface area contributed by atoms with Crippen LogP contribution in [0.2, 0.25) is 0 Å². The van der Waals surface area contributed by atoms with Crippen LogP contribution in [0.25, 0.3) is 33.7 Å². The van der Waals surface area contributed by atoms with Crippen molar-refractivity contribution in [3.05, 3.63) is 72.8 Å². The number of oxazole rings is 1. The predicted octanol–water partition coefficient (Wildman–Crippen LogP) is 3.93. The monoisotopic (exact) mass is 360 g/mol. The lowest BCUT2D eigenvalue weighted by Gasteiger charge is -2.09. The Kier molecular flexibility index (Phi) is 4.87. The highest BCUT2D eigenvalue weighted by molar-refractivity contribution is 5.80. The Bertz CT molecular complexity index is 1030. The van der Waals surface area contributed by atoms with Gasteiger partial charge in [-0.2, -0.15) is 0 Å². The summed E-state index contributed by atoms with van der Waals surface area (Å²) in [5.74, 6) is 0.567. The molecule has 0 aliphatic carbocycles. The first kappa shape index (κ1) is 17.3. The number of aliphatic hydroxyl groups excluding tert-OH is 2. The molecule has 0 saturated heterocycles. The van der Waals surface area contributed by atoms with Crippen LogP contribution in [-0.4, -0.2) is 34.5 Å².